The van der Waals surface area contributed by atoms with Crippen LogP contribution in [0.1, 0.15) is 31.2 Å². The number of amides is 1. The normalized spacial score (nSPS) is 11.5. The summed E-state index contributed by atoms with van der Waals surface area (Å²) in [6.07, 6.45) is 1.19. The van der Waals surface area contributed by atoms with Crippen LogP contribution in [0, 0.1) is 0 Å². The highest BCUT2D eigenvalue weighted by Gasteiger charge is 2.15. The maximum Gasteiger partial charge on any atom is 0.341 e. The fourth-order valence-corrected chi connectivity index (χ4v) is 2.62. The summed E-state index contributed by atoms with van der Waals surface area (Å²) in [7, 11) is 1.62. The predicted molar refractivity (Wildman–Crippen MR) is 98.8 cm³/mol. The Hall–Kier alpha value is -3.02. The molecule has 2 N–H and O–H groups in total. The first-order valence-electron chi connectivity index (χ1n) is 8.40. The van der Waals surface area contributed by atoms with Gasteiger partial charge in [-0.3, -0.25) is 4.79 Å². The molecule has 1 amide bonds. The molecular weight excluding hydrogens is 334 g/mol. The lowest BCUT2D eigenvalue weighted by Crippen LogP contribution is -2.15. The number of hydrogen-bond acceptors (Lipinski definition) is 4. The Morgan fingerprint density at radius 3 is 2.46 bits per heavy atom. The van der Waals surface area contributed by atoms with E-state index in [0.29, 0.717) is 17.9 Å². The SMILES string of the molecule is CCC(CC(=O)Nc1cccc(OCC(=O)O)c1)c1ccc(OC)cc1. The number of carboxylic acids is 1. The fourth-order valence-electron chi connectivity index (χ4n) is 2.62. The Labute approximate surface area is 152 Å². The first-order valence-corrected chi connectivity index (χ1v) is 8.40. The molecule has 0 bridgehead atoms. The number of methoxy groups -OCH3 is 1. The number of benzene rings is 2. The molecule has 0 aliphatic rings. The van der Waals surface area contributed by atoms with Crippen LogP contribution in [0.25, 0.3) is 0 Å². The molecule has 1 atom stereocenters. The molecular formula is C20H23NO5. The monoisotopic (exact) mass is 357 g/mol. The van der Waals surface area contributed by atoms with Crippen LogP contribution < -0.4 is 14.8 Å². The van der Waals surface area contributed by atoms with Crippen LogP contribution in [0.3, 0.4) is 0 Å². The molecule has 0 saturated carbocycles. The molecule has 2 rings (SSSR count). The summed E-state index contributed by atoms with van der Waals surface area (Å²) in [6.45, 7) is 1.62. The fraction of sp³-hybridized carbons (Fsp3) is 0.300. The van der Waals surface area contributed by atoms with Crippen LogP contribution >= 0.6 is 0 Å². The lowest BCUT2D eigenvalue weighted by Gasteiger charge is -2.16. The van der Waals surface area contributed by atoms with Crippen molar-refractivity contribution in [1.82, 2.24) is 0 Å². The highest BCUT2D eigenvalue weighted by atomic mass is 16.5. The molecule has 0 fully saturated rings. The summed E-state index contributed by atoms with van der Waals surface area (Å²) in [5, 5.41) is 11.5. The van der Waals surface area contributed by atoms with Gasteiger partial charge in [0.2, 0.25) is 5.91 Å². The van der Waals surface area contributed by atoms with Gasteiger partial charge in [-0.25, -0.2) is 4.79 Å². The molecule has 6 heteroatoms. The average Bonchev–Trinajstić information content (AvgIpc) is 2.65. The number of hydrogen-bond donors (Lipinski definition) is 2. The van der Waals surface area contributed by atoms with E-state index in [-0.39, 0.29) is 11.8 Å². The van der Waals surface area contributed by atoms with Crippen molar-refractivity contribution in [3.8, 4) is 11.5 Å². The quantitative estimate of drug-likeness (QED) is 0.715. The molecule has 0 heterocycles. The number of carboxylic acid groups (broad SMARTS) is 1. The minimum Gasteiger partial charge on any atom is -0.497 e. The zero-order valence-electron chi connectivity index (χ0n) is 14.9. The third kappa shape index (κ3) is 5.81. The highest BCUT2D eigenvalue weighted by molar-refractivity contribution is 5.91. The van der Waals surface area contributed by atoms with E-state index in [1.807, 2.05) is 31.2 Å². The third-order valence-corrected chi connectivity index (χ3v) is 3.99. The Kier molecular flexibility index (Phi) is 7.02. The van der Waals surface area contributed by atoms with Crippen LogP contribution in [0.2, 0.25) is 0 Å². The number of ether oxygens (including phenoxy) is 2. The van der Waals surface area contributed by atoms with Gasteiger partial charge in [-0.1, -0.05) is 25.1 Å². The second kappa shape index (κ2) is 9.46. The van der Waals surface area contributed by atoms with E-state index in [0.717, 1.165) is 17.7 Å². The number of anilines is 1. The standard InChI is InChI=1S/C20H23NO5/c1-3-14(15-7-9-17(25-2)10-8-15)11-19(22)21-16-5-4-6-18(12-16)26-13-20(23)24/h4-10,12,14H,3,11,13H2,1-2H3,(H,21,22)(H,23,24). The molecule has 0 radical (unpaired) electrons. The van der Waals surface area contributed by atoms with Gasteiger partial charge in [0.15, 0.2) is 6.61 Å². The van der Waals surface area contributed by atoms with E-state index in [4.69, 9.17) is 14.6 Å². The molecule has 0 aliphatic heterocycles. The van der Waals surface area contributed by atoms with E-state index >= 15 is 0 Å². The van der Waals surface area contributed by atoms with E-state index < -0.39 is 12.6 Å². The number of carbonyl (C=O) groups is 2. The number of rotatable bonds is 9. The summed E-state index contributed by atoms with van der Waals surface area (Å²) in [5.41, 5.74) is 1.66. The van der Waals surface area contributed by atoms with Crippen LogP contribution in [0.5, 0.6) is 11.5 Å². The van der Waals surface area contributed by atoms with Gasteiger partial charge in [-0.2, -0.15) is 0 Å². The van der Waals surface area contributed by atoms with Gasteiger partial charge >= 0.3 is 5.97 Å². The molecule has 26 heavy (non-hydrogen) atoms. The van der Waals surface area contributed by atoms with E-state index in [1.54, 1.807) is 31.4 Å². The Morgan fingerprint density at radius 1 is 1.12 bits per heavy atom. The van der Waals surface area contributed by atoms with Gasteiger partial charge in [-0.15, -0.1) is 0 Å². The van der Waals surface area contributed by atoms with Crippen LogP contribution in [-0.2, 0) is 9.59 Å². The average molecular weight is 357 g/mol. The van der Waals surface area contributed by atoms with Gasteiger partial charge in [0, 0.05) is 18.2 Å². The predicted octanol–water partition coefficient (Wildman–Crippen LogP) is 3.68. The van der Waals surface area contributed by atoms with Crippen LogP contribution in [0.4, 0.5) is 5.69 Å². The molecule has 0 saturated heterocycles. The number of nitrogens with one attached hydrogen (secondary N) is 1. The first-order chi connectivity index (χ1) is 12.5. The Balaban J connectivity index is 1.97. The van der Waals surface area contributed by atoms with Crippen molar-refractivity contribution in [2.75, 3.05) is 19.0 Å². The van der Waals surface area contributed by atoms with E-state index in [9.17, 15) is 9.59 Å². The summed E-state index contributed by atoms with van der Waals surface area (Å²) in [5.74, 6) is 0.124. The second-order valence-electron chi connectivity index (χ2n) is 5.84. The topological polar surface area (TPSA) is 84.9 Å². The van der Waals surface area contributed by atoms with Gasteiger partial charge in [0.05, 0.1) is 7.11 Å². The lowest BCUT2D eigenvalue weighted by molar-refractivity contribution is -0.139. The molecule has 2 aromatic carbocycles. The van der Waals surface area contributed by atoms with Gasteiger partial charge in [-0.05, 0) is 42.2 Å². The smallest absolute Gasteiger partial charge is 0.341 e. The zero-order valence-corrected chi connectivity index (χ0v) is 14.9. The maximum absolute atomic E-state index is 12.4. The number of aliphatic carboxylic acids is 1. The molecule has 6 nitrogen and oxygen atoms in total. The third-order valence-electron chi connectivity index (χ3n) is 3.99. The molecule has 0 aliphatic carbocycles. The Bertz CT molecular complexity index is 742. The largest absolute Gasteiger partial charge is 0.497 e. The van der Waals surface area contributed by atoms with Crippen molar-refractivity contribution in [1.29, 1.82) is 0 Å². The van der Waals surface area contributed by atoms with Gasteiger partial charge in [0.25, 0.3) is 0 Å². The van der Waals surface area contributed by atoms with Gasteiger partial charge in [0.1, 0.15) is 11.5 Å². The highest BCUT2D eigenvalue weighted by Crippen LogP contribution is 2.26. The van der Waals surface area contributed by atoms with Crippen molar-refractivity contribution < 1.29 is 24.2 Å². The number of carbonyl (C=O) groups excluding carboxylic acids is 1. The first kappa shape index (κ1) is 19.3. The van der Waals surface area contributed by atoms with Crippen molar-refractivity contribution in [3.05, 3.63) is 54.1 Å². The molecule has 0 spiro atoms. The van der Waals surface area contributed by atoms with Crippen molar-refractivity contribution in [2.45, 2.75) is 25.7 Å². The summed E-state index contributed by atoms with van der Waals surface area (Å²) < 4.78 is 10.3. The van der Waals surface area contributed by atoms with E-state index in [1.165, 1.54) is 0 Å². The van der Waals surface area contributed by atoms with Crippen molar-refractivity contribution in [2.24, 2.45) is 0 Å². The minimum atomic E-state index is -1.05. The Morgan fingerprint density at radius 2 is 1.85 bits per heavy atom. The second-order valence-corrected chi connectivity index (χ2v) is 5.84. The van der Waals surface area contributed by atoms with Crippen LogP contribution in [-0.4, -0.2) is 30.7 Å². The van der Waals surface area contributed by atoms with E-state index in [2.05, 4.69) is 5.32 Å². The van der Waals surface area contributed by atoms with Gasteiger partial charge < -0.3 is 19.9 Å². The summed E-state index contributed by atoms with van der Waals surface area (Å²) in [6, 6.07) is 14.4. The maximum atomic E-state index is 12.4. The molecule has 138 valence electrons. The zero-order chi connectivity index (χ0) is 18.9. The van der Waals surface area contributed by atoms with Crippen molar-refractivity contribution in [3.63, 3.8) is 0 Å². The molecule has 0 aromatic heterocycles. The van der Waals surface area contributed by atoms with Crippen LogP contribution in [0.15, 0.2) is 48.5 Å². The lowest BCUT2D eigenvalue weighted by atomic mass is 9.93. The minimum absolute atomic E-state index is 0.104. The molecule has 1 unspecified atom stereocenters. The molecule has 2 aromatic rings. The van der Waals surface area contributed by atoms with Crippen molar-refractivity contribution >= 4 is 17.6 Å². The summed E-state index contributed by atoms with van der Waals surface area (Å²) >= 11 is 0. The summed E-state index contributed by atoms with van der Waals surface area (Å²) in [4.78, 5) is 22.9.